The summed E-state index contributed by atoms with van der Waals surface area (Å²) in [6, 6.07) is 7.63. The maximum atomic E-state index is 14.0. The minimum absolute atomic E-state index is 0.122. The molecule has 0 saturated carbocycles. The van der Waals surface area contributed by atoms with Crippen LogP contribution in [0.1, 0.15) is 34.5 Å². The van der Waals surface area contributed by atoms with Crippen molar-refractivity contribution in [3.8, 4) is 5.75 Å². The first-order valence-electron chi connectivity index (χ1n) is 13.2. The molecular formula is C28H29N5O8. The van der Waals surface area contributed by atoms with E-state index in [1.54, 1.807) is 42.7 Å². The number of carbonyl (C=O) groups excluding carboxylic acids is 4. The summed E-state index contributed by atoms with van der Waals surface area (Å²) in [5.74, 6) is -0.409. The lowest BCUT2D eigenvalue weighted by Crippen LogP contribution is -2.52. The largest absolute Gasteiger partial charge is 0.510 e. The van der Waals surface area contributed by atoms with Gasteiger partial charge < -0.3 is 33.7 Å². The lowest BCUT2D eigenvalue weighted by molar-refractivity contribution is -0.135. The van der Waals surface area contributed by atoms with Crippen LogP contribution in [0.15, 0.2) is 47.1 Å². The van der Waals surface area contributed by atoms with E-state index in [1.807, 2.05) is 7.05 Å². The standard InChI is InChI=1S/C28H29N5O8/c1-31-9-6-19(7-10-31)40-27(37)39-16-33-25(35)28(30-26(33)36,23-11-18-13-29-8-5-22(18)41-23)15-32-14-17-3-4-20(38-2)12-21(17)24(32)34/h3-5,8,11-13,19H,6-7,9-10,14-16H2,1-2H3,(H,30,36)/t28-/m0/s1. The number of pyridine rings is 1. The fourth-order valence-electron chi connectivity index (χ4n) is 5.46. The summed E-state index contributed by atoms with van der Waals surface area (Å²) in [7, 11) is 3.50. The van der Waals surface area contributed by atoms with Crippen molar-refractivity contribution in [2.75, 3.05) is 40.5 Å². The van der Waals surface area contributed by atoms with Crippen molar-refractivity contribution in [2.24, 2.45) is 0 Å². The second-order valence-electron chi connectivity index (χ2n) is 10.4. The highest BCUT2D eigenvalue weighted by Crippen LogP contribution is 2.37. The zero-order valence-electron chi connectivity index (χ0n) is 22.6. The Balaban J connectivity index is 1.25. The van der Waals surface area contributed by atoms with Crippen molar-refractivity contribution in [1.29, 1.82) is 0 Å². The highest BCUT2D eigenvalue weighted by atomic mass is 16.7. The average molecular weight is 564 g/mol. The third kappa shape index (κ3) is 4.82. The number of ether oxygens (including phenoxy) is 3. The third-order valence-corrected chi connectivity index (χ3v) is 7.78. The van der Waals surface area contributed by atoms with Gasteiger partial charge >= 0.3 is 12.2 Å². The molecule has 2 aromatic heterocycles. The summed E-state index contributed by atoms with van der Waals surface area (Å²) >= 11 is 0. The Morgan fingerprint density at radius 3 is 2.73 bits per heavy atom. The molecule has 3 aliphatic heterocycles. The van der Waals surface area contributed by atoms with E-state index < -0.39 is 30.4 Å². The normalized spacial score (nSPS) is 21.4. The van der Waals surface area contributed by atoms with Crippen molar-refractivity contribution in [3.05, 3.63) is 59.6 Å². The molecule has 214 valence electrons. The number of rotatable bonds is 7. The van der Waals surface area contributed by atoms with Gasteiger partial charge in [-0.25, -0.2) is 14.5 Å². The van der Waals surface area contributed by atoms with Gasteiger partial charge in [0.05, 0.1) is 13.7 Å². The van der Waals surface area contributed by atoms with Gasteiger partial charge in [-0.3, -0.25) is 14.6 Å². The number of furan rings is 1. The number of hydrogen-bond donors (Lipinski definition) is 1. The van der Waals surface area contributed by atoms with Gasteiger partial charge in [0.2, 0.25) is 0 Å². The first-order chi connectivity index (χ1) is 19.8. The number of aromatic nitrogens is 1. The Kier molecular flexibility index (Phi) is 6.73. The molecule has 0 radical (unpaired) electrons. The number of amides is 4. The van der Waals surface area contributed by atoms with Crippen molar-refractivity contribution in [2.45, 2.75) is 31.0 Å². The number of hydrogen-bond acceptors (Lipinski definition) is 10. The van der Waals surface area contributed by atoms with Crippen LogP contribution in [0.4, 0.5) is 9.59 Å². The molecule has 0 aliphatic carbocycles. The fourth-order valence-corrected chi connectivity index (χ4v) is 5.46. The van der Waals surface area contributed by atoms with Gasteiger partial charge in [-0.05, 0) is 49.7 Å². The Morgan fingerprint density at radius 1 is 1.17 bits per heavy atom. The maximum absolute atomic E-state index is 14.0. The number of imide groups is 1. The Labute approximate surface area is 234 Å². The molecule has 3 aliphatic rings. The van der Waals surface area contributed by atoms with E-state index in [2.05, 4.69) is 15.2 Å². The van der Waals surface area contributed by atoms with Crippen LogP contribution in [-0.4, -0.2) is 90.3 Å². The Morgan fingerprint density at radius 2 is 1.98 bits per heavy atom. The monoisotopic (exact) mass is 563 g/mol. The van der Waals surface area contributed by atoms with Crippen molar-refractivity contribution in [3.63, 3.8) is 0 Å². The zero-order valence-corrected chi connectivity index (χ0v) is 22.6. The second-order valence-corrected chi connectivity index (χ2v) is 10.4. The van der Waals surface area contributed by atoms with Crippen LogP contribution < -0.4 is 10.1 Å². The van der Waals surface area contributed by atoms with Crippen molar-refractivity contribution in [1.82, 2.24) is 25.0 Å². The van der Waals surface area contributed by atoms with Gasteiger partial charge in [0.1, 0.15) is 23.2 Å². The van der Waals surface area contributed by atoms with Crippen LogP contribution >= 0.6 is 0 Å². The summed E-state index contributed by atoms with van der Waals surface area (Å²) in [5.41, 5.74) is -0.122. The molecule has 41 heavy (non-hydrogen) atoms. The maximum Gasteiger partial charge on any atom is 0.510 e. The summed E-state index contributed by atoms with van der Waals surface area (Å²) in [4.78, 5) is 61.4. The molecule has 5 heterocycles. The van der Waals surface area contributed by atoms with E-state index in [4.69, 9.17) is 18.6 Å². The van der Waals surface area contributed by atoms with Crippen molar-refractivity contribution < 1.29 is 37.8 Å². The van der Waals surface area contributed by atoms with Gasteiger partial charge in [-0.15, -0.1) is 0 Å². The molecule has 13 heteroatoms. The highest BCUT2D eigenvalue weighted by Gasteiger charge is 2.57. The number of nitrogens with zero attached hydrogens (tertiary/aromatic N) is 4. The number of benzene rings is 1. The number of carbonyl (C=O) groups is 4. The van der Waals surface area contributed by atoms with E-state index in [0.29, 0.717) is 35.1 Å². The molecule has 0 spiro atoms. The molecule has 13 nitrogen and oxygen atoms in total. The van der Waals surface area contributed by atoms with Gasteiger partial charge in [-0.2, -0.15) is 0 Å². The molecule has 1 atom stereocenters. The molecule has 1 aromatic carbocycles. The first kappa shape index (κ1) is 26.6. The predicted molar refractivity (Wildman–Crippen MR) is 142 cm³/mol. The molecule has 0 bridgehead atoms. The van der Waals surface area contributed by atoms with Crippen molar-refractivity contribution >= 4 is 35.0 Å². The quantitative estimate of drug-likeness (QED) is 0.336. The topological polar surface area (TPSA) is 144 Å². The molecular weight excluding hydrogens is 534 g/mol. The number of fused-ring (bicyclic) bond motifs is 2. The van der Waals surface area contributed by atoms with E-state index in [9.17, 15) is 19.2 Å². The summed E-state index contributed by atoms with van der Waals surface area (Å²) < 4.78 is 21.8. The first-order valence-corrected chi connectivity index (χ1v) is 13.2. The van der Waals surface area contributed by atoms with E-state index in [1.165, 1.54) is 12.0 Å². The lowest BCUT2D eigenvalue weighted by Gasteiger charge is -2.29. The van der Waals surface area contributed by atoms with Crippen LogP contribution in [0.25, 0.3) is 11.0 Å². The third-order valence-electron chi connectivity index (χ3n) is 7.78. The smallest absolute Gasteiger partial charge is 0.497 e. The van der Waals surface area contributed by atoms with Gasteiger partial charge in [-0.1, -0.05) is 6.07 Å². The van der Waals surface area contributed by atoms with E-state index in [0.717, 1.165) is 23.6 Å². The summed E-state index contributed by atoms with van der Waals surface area (Å²) in [6.45, 7) is 0.894. The second kappa shape index (κ2) is 10.4. The summed E-state index contributed by atoms with van der Waals surface area (Å²) in [6.07, 6.45) is 3.17. The van der Waals surface area contributed by atoms with Crippen LogP contribution in [0.2, 0.25) is 0 Å². The van der Waals surface area contributed by atoms with Gasteiger partial charge in [0.25, 0.3) is 11.8 Å². The molecule has 2 saturated heterocycles. The van der Waals surface area contributed by atoms with Gasteiger partial charge in [0, 0.05) is 43.0 Å². The number of piperidine rings is 1. The molecule has 2 fully saturated rings. The van der Waals surface area contributed by atoms with Crippen LogP contribution in [-0.2, 0) is 26.4 Å². The predicted octanol–water partition coefficient (Wildman–Crippen LogP) is 2.44. The lowest BCUT2D eigenvalue weighted by atomic mass is 9.95. The highest BCUT2D eigenvalue weighted by molar-refractivity contribution is 6.08. The minimum atomic E-state index is -1.78. The molecule has 3 aromatic rings. The summed E-state index contributed by atoms with van der Waals surface area (Å²) in [5, 5.41) is 3.33. The molecule has 6 rings (SSSR count). The number of likely N-dealkylation sites (tertiary alicyclic amines) is 1. The van der Waals surface area contributed by atoms with E-state index in [-0.39, 0.29) is 30.9 Å². The Hall–Kier alpha value is -4.65. The molecule has 1 N–H and O–H groups in total. The molecule has 0 unspecified atom stereocenters. The number of nitrogens with one attached hydrogen (secondary N) is 1. The van der Waals surface area contributed by atoms with Crippen LogP contribution in [0.3, 0.4) is 0 Å². The average Bonchev–Trinajstić information content (AvgIpc) is 3.61. The zero-order chi connectivity index (χ0) is 28.7. The van der Waals surface area contributed by atoms with E-state index >= 15 is 0 Å². The van der Waals surface area contributed by atoms with Crippen LogP contribution in [0, 0.1) is 0 Å². The number of methoxy groups -OCH3 is 1. The van der Waals surface area contributed by atoms with Gasteiger partial charge in [0.15, 0.2) is 12.3 Å². The Bertz CT molecular complexity index is 1500. The molecule has 4 amide bonds. The SMILES string of the molecule is COc1ccc2c(c1)C(=O)N(C[C@@]1(c3cc4cnccc4o3)NC(=O)N(COC(=O)OC3CCN(C)CC3)C1=O)C2. The van der Waals surface area contributed by atoms with Crippen LogP contribution in [0.5, 0.6) is 5.75 Å². The minimum Gasteiger partial charge on any atom is -0.497 e. The fraction of sp³-hybridized carbons (Fsp3) is 0.393. The number of urea groups is 1.